The zero-order valence-electron chi connectivity index (χ0n) is 7.86. The summed E-state index contributed by atoms with van der Waals surface area (Å²) in [7, 11) is -0.611. The SMILES string of the molecule is CCOC(=O)C(C)O.CS(C)=O. The van der Waals surface area contributed by atoms with E-state index in [1.54, 1.807) is 19.4 Å². The molecule has 0 aliphatic rings. The molecule has 0 aliphatic carbocycles. The first-order valence-corrected chi connectivity index (χ1v) is 5.48. The van der Waals surface area contributed by atoms with Crippen LogP contribution in [0.1, 0.15) is 13.8 Å². The topological polar surface area (TPSA) is 63.6 Å². The van der Waals surface area contributed by atoms with Crippen LogP contribution in [0.3, 0.4) is 0 Å². The van der Waals surface area contributed by atoms with Gasteiger partial charge in [-0.05, 0) is 13.8 Å². The number of carbonyl (C=O) groups excluding carboxylic acids is 1. The van der Waals surface area contributed by atoms with Crippen molar-refractivity contribution in [2.24, 2.45) is 0 Å². The van der Waals surface area contributed by atoms with E-state index in [0.29, 0.717) is 6.61 Å². The molecule has 0 bridgehead atoms. The summed E-state index contributed by atoms with van der Waals surface area (Å²) in [5.74, 6) is -0.562. The lowest BCUT2D eigenvalue weighted by Gasteiger charge is -2.01. The van der Waals surface area contributed by atoms with Crippen molar-refractivity contribution in [3.63, 3.8) is 0 Å². The monoisotopic (exact) mass is 196 g/mol. The molecule has 74 valence electrons. The average Bonchev–Trinajstić information content (AvgIpc) is 1.86. The van der Waals surface area contributed by atoms with E-state index in [4.69, 9.17) is 5.11 Å². The third-order valence-electron chi connectivity index (χ3n) is 0.628. The number of ether oxygens (including phenoxy) is 1. The molecular formula is C7H16O4S. The van der Waals surface area contributed by atoms with Gasteiger partial charge in [-0.15, -0.1) is 0 Å². The predicted octanol–water partition coefficient (Wildman–Crippen LogP) is -0.0750. The summed E-state index contributed by atoms with van der Waals surface area (Å²) < 4.78 is 14.0. The number of hydrogen-bond donors (Lipinski definition) is 1. The minimum Gasteiger partial charge on any atom is -0.464 e. The molecule has 4 nitrogen and oxygen atoms in total. The third kappa shape index (κ3) is 16.3. The van der Waals surface area contributed by atoms with Crippen LogP contribution in [0.25, 0.3) is 0 Å². The van der Waals surface area contributed by atoms with Crippen LogP contribution in [0, 0.1) is 0 Å². The second-order valence-electron chi connectivity index (χ2n) is 2.17. The molecule has 0 heterocycles. The highest BCUT2D eigenvalue weighted by atomic mass is 32.2. The summed E-state index contributed by atoms with van der Waals surface area (Å²) >= 11 is 0. The standard InChI is InChI=1S/C5H10O3.C2H6OS/c1-3-8-5(7)4(2)6;1-4(2)3/h4,6H,3H2,1-2H3;1-2H3. The average molecular weight is 196 g/mol. The molecule has 1 N–H and O–H groups in total. The van der Waals surface area contributed by atoms with Crippen LogP contribution in [0.2, 0.25) is 0 Å². The fourth-order valence-electron chi connectivity index (χ4n) is 0.263. The van der Waals surface area contributed by atoms with E-state index in [2.05, 4.69) is 4.74 Å². The van der Waals surface area contributed by atoms with Crippen molar-refractivity contribution in [1.29, 1.82) is 0 Å². The molecule has 0 saturated carbocycles. The van der Waals surface area contributed by atoms with Crippen molar-refractivity contribution in [3.8, 4) is 0 Å². The maximum Gasteiger partial charge on any atom is 0.334 e. The Morgan fingerprint density at radius 3 is 2.00 bits per heavy atom. The van der Waals surface area contributed by atoms with Crippen LogP contribution < -0.4 is 0 Å². The summed E-state index contributed by atoms with van der Waals surface area (Å²) in [5.41, 5.74) is 0. The fourth-order valence-corrected chi connectivity index (χ4v) is 0.263. The minimum absolute atomic E-state index is 0.323. The number of rotatable bonds is 2. The first kappa shape index (κ1) is 14.1. The highest BCUT2D eigenvalue weighted by Gasteiger charge is 2.07. The second kappa shape index (κ2) is 8.67. The largest absolute Gasteiger partial charge is 0.464 e. The summed E-state index contributed by atoms with van der Waals surface area (Å²) in [5, 5.41) is 8.48. The molecule has 0 saturated heterocycles. The van der Waals surface area contributed by atoms with Gasteiger partial charge in [0, 0.05) is 23.3 Å². The summed E-state index contributed by atoms with van der Waals surface area (Å²) in [6.07, 6.45) is 2.29. The minimum atomic E-state index is -0.991. The van der Waals surface area contributed by atoms with Gasteiger partial charge in [0.1, 0.15) is 6.10 Å². The number of esters is 1. The Morgan fingerprint density at radius 2 is 1.92 bits per heavy atom. The highest BCUT2D eigenvalue weighted by molar-refractivity contribution is 7.83. The molecule has 0 fully saturated rings. The predicted molar refractivity (Wildman–Crippen MR) is 48.3 cm³/mol. The van der Waals surface area contributed by atoms with Crippen LogP contribution >= 0.6 is 0 Å². The molecule has 0 aliphatic heterocycles. The van der Waals surface area contributed by atoms with Gasteiger partial charge in [0.25, 0.3) is 0 Å². The number of hydrogen-bond acceptors (Lipinski definition) is 4. The molecule has 0 spiro atoms. The number of aliphatic hydroxyl groups is 1. The van der Waals surface area contributed by atoms with Gasteiger partial charge in [-0.1, -0.05) is 0 Å². The third-order valence-corrected chi connectivity index (χ3v) is 0.628. The molecule has 5 heteroatoms. The normalized spacial score (nSPS) is 11.5. The van der Waals surface area contributed by atoms with Gasteiger partial charge in [0.05, 0.1) is 6.61 Å². The lowest BCUT2D eigenvalue weighted by Crippen LogP contribution is -2.18. The quantitative estimate of drug-likeness (QED) is 0.628. The van der Waals surface area contributed by atoms with Gasteiger partial charge >= 0.3 is 5.97 Å². The lowest BCUT2D eigenvalue weighted by molar-refractivity contribution is -0.151. The van der Waals surface area contributed by atoms with E-state index in [1.165, 1.54) is 6.92 Å². The molecule has 1 unspecified atom stereocenters. The van der Waals surface area contributed by atoms with Crippen molar-refractivity contribution in [3.05, 3.63) is 0 Å². The molecule has 0 rings (SSSR count). The van der Waals surface area contributed by atoms with Crippen LogP contribution in [0.15, 0.2) is 0 Å². The summed E-state index contributed by atoms with van der Waals surface area (Å²) in [4.78, 5) is 10.3. The molecule has 0 aromatic rings. The smallest absolute Gasteiger partial charge is 0.334 e. The Balaban J connectivity index is 0. The molecule has 0 aromatic heterocycles. The highest BCUT2D eigenvalue weighted by Crippen LogP contribution is 1.84. The Bertz CT molecular complexity index is 140. The van der Waals surface area contributed by atoms with Gasteiger partial charge in [-0.3, -0.25) is 4.21 Å². The Labute approximate surface area is 75.4 Å². The molecule has 12 heavy (non-hydrogen) atoms. The Kier molecular flexibility index (Phi) is 10.2. The van der Waals surface area contributed by atoms with Gasteiger partial charge in [-0.25, -0.2) is 4.79 Å². The van der Waals surface area contributed by atoms with Crippen molar-refractivity contribution in [2.45, 2.75) is 20.0 Å². The van der Waals surface area contributed by atoms with Gasteiger partial charge in [-0.2, -0.15) is 0 Å². The van der Waals surface area contributed by atoms with Crippen LogP contribution in [0.4, 0.5) is 0 Å². The van der Waals surface area contributed by atoms with Crippen molar-refractivity contribution < 1.29 is 18.8 Å². The van der Waals surface area contributed by atoms with Gasteiger partial charge in [0.2, 0.25) is 0 Å². The molecule has 0 radical (unpaired) electrons. The maximum absolute atomic E-state index is 10.3. The fraction of sp³-hybridized carbons (Fsp3) is 0.857. The maximum atomic E-state index is 10.3. The van der Waals surface area contributed by atoms with E-state index < -0.39 is 22.9 Å². The zero-order valence-corrected chi connectivity index (χ0v) is 8.68. The number of carbonyl (C=O) groups is 1. The second-order valence-corrected chi connectivity index (χ2v) is 3.65. The molecule has 0 aromatic carbocycles. The van der Waals surface area contributed by atoms with E-state index in [9.17, 15) is 9.00 Å². The lowest BCUT2D eigenvalue weighted by atomic mass is 10.4. The first-order valence-electron chi connectivity index (χ1n) is 3.51. The van der Waals surface area contributed by atoms with Gasteiger partial charge < -0.3 is 9.84 Å². The van der Waals surface area contributed by atoms with Crippen LogP contribution in [-0.2, 0) is 20.3 Å². The van der Waals surface area contributed by atoms with E-state index in [0.717, 1.165) is 0 Å². The zero-order chi connectivity index (χ0) is 10.1. The van der Waals surface area contributed by atoms with Crippen LogP contribution in [0.5, 0.6) is 0 Å². The van der Waals surface area contributed by atoms with Crippen molar-refractivity contribution in [1.82, 2.24) is 0 Å². The first-order chi connectivity index (χ1) is 5.41. The van der Waals surface area contributed by atoms with Crippen molar-refractivity contribution in [2.75, 3.05) is 19.1 Å². The Hall–Kier alpha value is -0.420. The van der Waals surface area contributed by atoms with E-state index >= 15 is 0 Å². The summed E-state index contributed by atoms with van der Waals surface area (Å²) in [6, 6.07) is 0. The molecule has 1 atom stereocenters. The van der Waals surface area contributed by atoms with E-state index in [1.807, 2.05) is 0 Å². The van der Waals surface area contributed by atoms with Gasteiger partial charge in [0.15, 0.2) is 0 Å². The molecular weight excluding hydrogens is 180 g/mol. The summed E-state index contributed by atoms with van der Waals surface area (Å²) in [6.45, 7) is 3.39. The van der Waals surface area contributed by atoms with Crippen molar-refractivity contribution >= 4 is 16.8 Å². The number of aliphatic hydroxyl groups excluding tert-OH is 1. The molecule has 0 amide bonds. The Morgan fingerprint density at radius 1 is 1.58 bits per heavy atom. The van der Waals surface area contributed by atoms with Crippen LogP contribution in [-0.4, -0.2) is 40.5 Å². The van der Waals surface area contributed by atoms with E-state index in [-0.39, 0.29) is 0 Å².